The van der Waals surface area contributed by atoms with Crippen LogP contribution in [0.15, 0.2) is 18.2 Å². The van der Waals surface area contributed by atoms with Gasteiger partial charge >= 0.3 is 0 Å². The van der Waals surface area contributed by atoms with E-state index >= 15 is 0 Å². The lowest BCUT2D eigenvalue weighted by Gasteiger charge is -2.23. The Kier molecular flexibility index (Phi) is 2.19. The van der Waals surface area contributed by atoms with E-state index in [4.69, 9.17) is 5.11 Å². The minimum absolute atomic E-state index is 0.104. The van der Waals surface area contributed by atoms with Crippen molar-refractivity contribution in [1.29, 1.82) is 0 Å². The molecule has 2 nitrogen and oxygen atoms in total. The van der Waals surface area contributed by atoms with Crippen molar-refractivity contribution in [3.05, 3.63) is 29.6 Å². The highest BCUT2D eigenvalue weighted by molar-refractivity contribution is 5.32. The average Bonchev–Trinajstić information content (AvgIpc) is 2.52. The van der Waals surface area contributed by atoms with Crippen molar-refractivity contribution in [2.45, 2.75) is 31.3 Å². The van der Waals surface area contributed by atoms with E-state index in [1.807, 2.05) is 0 Å². The Balaban J connectivity index is 2.40. The van der Waals surface area contributed by atoms with E-state index in [0.29, 0.717) is 18.4 Å². The lowest BCUT2D eigenvalue weighted by Crippen LogP contribution is -2.22. The van der Waals surface area contributed by atoms with Gasteiger partial charge < -0.3 is 10.2 Å². The molecule has 14 heavy (non-hydrogen) atoms. The fraction of sp³-hybridized carbons (Fsp3) is 0.455. The molecule has 76 valence electrons. The molecule has 3 heteroatoms. The first kappa shape index (κ1) is 9.46. The standard InChI is InChI=1S/C11H13FO2/c12-10-7-8(13)3-4-9(10)11(14)5-1-2-6-11/h3-4,7,13-14H,1-2,5-6H2. The van der Waals surface area contributed by atoms with Crippen molar-refractivity contribution < 1.29 is 14.6 Å². The summed E-state index contributed by atoms with van der Waals surface area (Å²) in [4.78, 5) is 0. The molecule has 1 aromatic carbocycles. The summed E-state index contributed by atoms with van der Waals surface area (Å²) < 4.78 is 13.4. The van der Waals surface area contributed by atoms with Crippen molar-refractivity contribution in [2.24, 2.45) is 0 Å². The fourth-order valence-corrected chi connectivity index (χ4v) is 2.11. The Labute approximate surface area is 82.0 Å². The topological polar surface area (TPSA) is 40.5 Å². The Hall–Kier alpha value is -1.09. The van der Waals surface area contributed by atoms with Crippen LogP contribution in [0.2, 0.25) is 0 Å². The molecular weight excluding hydrogens is 183 g/mol. The maximum absolute atomic E-state index is 13.4. The van der Waals surface area contributed by atoms with Gasteiger partial charge in [-0.25, -0.2) is 4.39 Å². The van der Waals surface area contributed by atoms with Gasteiger partial charge in [-0.3, -0.25) is 0 Å². The maximum atomic E-state index is 13.4. The van der Waals surface area contributed by atoms with Crippen molar-refractivity contribution >= 4 is 0 Å². The van der Waals surface area contributed by atoms with E-state index in [-0.39, 0.29) is 5.75 Å². The van der Waals surface area contributed by atoms with Crippen LogP contribution in [0.4, 0.5) is 4.39 Å². The van der Waals surface area contributed by atoms with Crippen LogP contribution >= 0.6 is 0 Å². The highest BCUT2D eigenvalue weighted by Crippen LogP contribution is 2.40. The van der Waals surface area contributed by atoms with Gasteiger partial charge in [0.1, 0.15) is 11.6 Å². The zero-order chi connectivity index (χ0) is 10.2. The highest BCUT2D eigenvalue weighted by atomic mass is 19.1. The quantitative estimate of drug-likeness (QED) is 0.723. The summed E-state index contributed by atoms with van der Waals surface area (Å²) in [6, 6.07) is 3.93. The molecule has 1 aliphatic carbocycles. The third kappa shape index (κ3) is 1.48. The third-order valence-electron chi connectivity index (χ3n) is 2.88. The number of phenols is 1. The number of phenolic OH excluding ortho intramolecular Hbond substituents is 1. The summed E-state index contributed by atoms with van der Waals surface area (Å²) in [5.41, 5.74) is -0.703. The smallest absolute Gasteiger partial charge is 0.132 e. The Morgan fingerprint density at radius 3 is 2.43 bits per heavy atom. The van der Waals surface area contributed by atoms with Crippen molar-refractivity contribution in [3.63, 3.8) is 0 Å². The average molecular weight is 196 g/mol. The van der Waals surface area contributed by atoms with Crippen LogP contribution in [-0.4, -0.2) is 10.2 Å². The van der Waals surface area contributed by atoms with E-state index < -0.39 is 11.4 Å². The number of hydrogen-bond acceptors (Lipinski definition) is 2. The number of aromatic hydroxyl groups is 1. The van der Waals surface area contributed by atoms with Crippen LogP contribution in [-0.2, 0) is 5.60 Å². The van der Waals surface area contributed by atoms with Crippen LogP contribution in [0.1, 0.15) is 31.2 Å². The molecule has 1 aromatic rings. The lowest BCUT2D eigenvalue weighted by atomic mass is 9.92. The van der Waals surface area contributed by atoms with Crippen LogP contribution in [0.3, 0.4) is 0 Å². The molecule has 0 amide bonds. The summed E-state index contributed by atoms with van der Waals surface area (Å²) in [5.74, 6) is -0.623. The van der Waals surface area contributed by atoms with E-state index in [2.05, 4.69) is 0 Å². The lowest BCUT2D eigenvalue weighted by molar-refractivity contribution is 0.0407. The minimum atomic E-state index is -1.02. The van der Waals surface area contributed by atoms with Crippen LogP contribution < -0.4 is 0 Å². The molecule has 0 bridgehead atoms. The third-order valence-corrected chi connectivity index (χ3v) is 2.88. The van der Waals surface area contributed by atoms with Crippen LogP contribution in [0.5, 0.6) is 5.75 Å². The summed E-state index contributed by atoms with van der Waals surface area (Å²) >= 11 is 0. The second-order valence-electron chi connectivity index (χ2n) is 3.90. The van der Waals surface area contributed by atoms with E-state index in [9.17, 15) is 9.50 Å². The second kappa shape index (κ2) is 3.24. The summed E-state index contributed by atoms with van der Waals surface area (Å²) in [6.07, 6.45) is 3.07. The van der Waals surface area contributed by atoms with E-state index in [1.165, 1.54) is 12.1 Å². The number of rotatable bonds is 1. The summed E-state index contributed by atoms with van der Waals surface area (Å²) in [5, 5.41) is 19.2. The molecule has 1 fully saturated rings. The maximum Gasteiger partial charge on any atom is 0.132 e. The molecule has 1 aliphatic rings. The van der Waals surface area contributed by atoms with Crippen molar-refractivity contribution in [1.82, 2.24) is 0 Å². The van der Waals surface area contributed by atoms with Gasteiger partial charge in [0.25, 0.3) is 0 Å². The van der Waals surface area contributed by atoms with Gasteiger partial charge in [0.05, 0.1) is 5.60 Å². The molecule has 0 atom stereocenters. The summed E-state index contributed by atoms with van der Waals surface area (Å²) in [7, 11) is 0. The zero-order valence-corrected chi connectivity index (χ0v) is 7.83. The van der Waals surface area contributed by atoms with E-state index in [1.54, 1.807) is 0 Å². The van der Waals surface area contributed by atoms with Crippen LogP contribution in [0, 0.1) is 5.82 Å². The van der Waals surface area contributed by atoms with Gasteiger partial charge in [-0.2, -0.15) is 0 Å². The van der Waals surface area contributed by atoms with Crippen LogP contribution in [0.25, 0.3) is 0 Å². The van der Waals surface area contributed by atoms with Crippen molar-refractivity contribution in [2.75, 3.05) is 0 Å². The fourth-order valence-electron chi connectivity index (χ4n) is 2.11. The van der Waals surface area contributed by atoms with Gasteiger partial charge in [0.2, 0.25) is 0 Å². The Morgan fingerprint density at radius 2 is 1.86 bits per heavy atom. The molecule has 0 spiro atoms. The SMILES string of the molecule is Oc1ccc(C2(O)CCCC2)c(F)c1. The molecule has 2 N–H and O–H groups in total. The van der Waals surface area contributed by atoms with Gasteiger partial charge in [-0.15, -0.1) is 0 Å². The second-order valence-corrected chi connectivity index (χ2v) is 3.90. The van der Waals surface area contributed by atoms with Gasteiger partial charge in [0.15, 0.2) is 0 Å². The molecule has 0 heterocycles. The molecule has 0 saturated heterocycles. The predicted molar refractivity (Wildman–Crippen MR) is 50.4 cm³/mol. The molecular formula is C11H13FO2. The highest BCUT2D eigenvalue weighted by Gasteiger charge is 2.35. The molecule has 0 radical (unpaired) electrons. The normalized spacial score (nSPS) is 19.9. The van der Waals surface area contributed by atoms with Gasteiger partial charge in [-0.05, 0) is 25.0 Å². The predicted octanol–water partition coefficient (Wildman–Crippen LogP) is 2.29. The zero-order valence-electron chi connectivity index (χ0n) is 7.83. The van der Waals surface area contributed by atoms with E-state index in [0.717, 1.165) is 18.9 Å². The first-order valence-corrected chi connectivity index (χ1v) is 4.83. The number of aliphatic hydroxyl groups is 1. The number of hydrogen-bond donors (Lipinski definition) is 2. The van der Waals surface area contributed by atoms with Gasteiger partial charge in [-0.1, -0.05) is 12.8 Å². The van der Waals surface area contributed by atoms with Gasteiger partial charge in [0, 0.05) is 11.6 Å². The minimum Gasteiger partial charge on any atom is -0.508 e. The monoisotopic (exact) mass is 196 g/mol. The number of halogens is 1. The Morgan fingerprint density at radius 1 is 1.21 bits per heavy atom. The molecule has 0 unspecified atom stereocenters. The molecule has 0 aliphatic heterocycles. The Bertz CT molecular complexity index is 343. The number of benzene rings is 1. The largest absolute Gasteiger partial charge is 0.508 e. The molecule has 2 rings (SSSR count). The van der Waals surface area contributed by atoms with Crippen molar-refractivity contribution in [3.8, 4) is 5.75 Å². The summed E-state index contributed by atoms with van der Waals surface area (Å²) in [6.45, 7) is 0. The first-order valence-electron chi connectivity index (χ1n) is 4.83. The first-order chi connectivity index (χ1) is 6.62. The molecule has 0 aromatic heterocycles. The molecule has 1 saturated carbocycles.